The monoisotopic (exact) mass is 304 g/mol. The second-order valence-corrected chi connectivity index (χ2v) is 3.63. The number of rotatable bonds is 4. The van der Waals surface area contributed by atoms with Gasteiger partial charge in [0.05, 0.1) is 37.1 Å². The molecule has 0 heterocycles. The lowest BCUT2D eigenvalue weighted by Crippen LogP contribution is -2.06. The van der Waals surface area contributed by atoms with Crippen LogP contribution in [0.2, 0.25) is 0 Å². The van der Waals surface area contributed by atoms with Gasteiger partial charge in [0.2, 0.25) is 0 Å². The summed E-state index contributed by atoms with van der Waals surface area (Å²) in [6.45, 7) is 1.14. The molecule has 8 heteroatoms. The van der Waals surface area contributed by atoms with Crippen LogP contribution in [0.5, 0.6) is 0 Å². The Balaban J connectivity index is 0. The van der Waals surface area contributed by atoms with E-state index in [2.05, 4.69) is 0 Å². The Morgan fingerprint density at radius 2 is 1.24 bits per heavy atom. The van der Waals surface area contributed by atoms with Gasteiger partial charge in [-0.15, -0.1) is 0 Å². The molecule has 6 N–H and O–H groups in total. The highest BCUT2D eigenvalue weighted by atomic mass is 16.4. The summed E-state index contributed by atoms with van der Waals surface area (Å²) in [6, 6.07) is 5.48. The summed E-state index contributed by atoms with van der Waals surface area (Å²) in [5.74, 6) is -2.46. The Morgan fingerprint density at radius 3 is 1.38 bits per heavy atom. The highest BCUT2D eigenvalue weighted by molar-refractivity contribution is 6.01. The minimum atomic E-state index is -1.23. The molecule has 0 radical (unpaired) electrons. The number of hydrogen-bond acceptors (Lipinski definition) is 6. The molecule has 0 fully saturated rings. The predicted molar refractivity (Wildman–Crippen MR) is 73.3 cm³/mol. The Hall–Kier alpha value is -2.00. The highest BCUT2D eigenvalue weighted by Gasteiger charge is 2.13. The molecular weight excluding hydrogens is 284 g/mol. The number of carboxylic acids is 2. The van der Waals surface area contributed by atoms with Crippen LogP contribution >= 0.6 is 0 Å². The van der Waals surface area contributed by atoms with Gasteiger partial charge in [-0.3, -0.25) is 0 Å². The predicted octanol–water partition coefficient (Wildman–Crippen LogP) is -0.587. The van der Waals surface area contributed by atoms with Gasteiger partial charge in [-0.05, 0) is 19.1 Å². The topological polar surface area (TPSA) is 156 Å². The van der Waals surface area contributed by atoms with Crippen molar-refractivity contribution in [2.75, 3.05) is 19.8 Å². The molecule has 1 aromatic carbocycles. The van der Waals surface area contributed by atoms with Crippen LogP contribution in [0.25, 0.3) is 0 Å². The number of aliphatic hydroxyl groups is 4. The van der Waals surface area contributed by atoms with Crippen molar-refractivity contribution in [3.8, 4) is 0 Å². The van der Waals surface area contributed by atoms with Gasteiger partial charge in [-0.25, -0.2) is 9.59 Å². The van der Waals surface area contributed by atoms with E-state index in [4.69, 9.17) is 30.6 Å². The lowest BCUT2D eigenvalue weighted by Gasteiger charge is -1.98. The second kappa shape index (κ2) is 13.0. The smallest absolute Gasteiger partial charge is 0.336 e. The number of carboxylic acid groups (broad SMARTS) is 2. The summed E-state index contributed by atoms with van der Waals surface area (Å²) < 4.78 is 0. The fourth-order valence-electron chi connectivity index (χ4n) is 0.856. The Morgan fingerprint density at radius 1 is 0.952 bits per heavy atom. The van der Waals surface area contributed by atoms with E-state index in [1.54, 1.807) is 0 Å². The largest absolute Gasteiger partial charge is 0.478 e. The van der Waals surface area contributed by atoms with Gasteiger partial charge in [0.25, 0.3) is 0 Å². The summed E-state index contributed by atoms with van der Waals surface area (Å²) in [6.07, 6.45) is -0.560. The first-order chi connectivity index (χ1) is 9.81. The Kier molecular flexibility index (Phi) is 13.2. The zero-order valence-electron chi connectivity index (χ0n) is 11.5. The van der Waals surface area contributed by atoms with Gasteiger partial charge >= 0.3 is 11.9 Å². The molecule has 1 unspecified atom stereocenters. The molecule has 0 aliphatic rings. The fraction of sp³-hybridized carbons (Fsp3) is 0.385. The van der Waals surface area contributed by atoms with Crippen LogP contribution in [0.1, 0.15) is 27.6 Å². The number of aliphatic hydroxyl groups excluding tert-OH is 4. The summed E-state index contributed by atoms with van der Waals surface area (Å²) in [7, 11) is 0. The minimum Gasteiger partial charge on any atom is -0.478 e. The van der Waals surface area contributed by atoms with Gasteiger partial charge in [-0.2, -0.15) is 0 Å². The van der Waals surface area contributed by atoms with Crippen molar-refractivity contribution >= 4 is 11.9 Å². The molecular formula is C13H20O8. The molecule has 1 atom stereocenters. The highest BCUT2D eigenvalue weighted by Crippen LogP contribution is 2.07. The van der Waals surface area contributed by atoms with E-state index in [1.165, 1.54) is 31.2 Å². The normalized spacial score (nSPS) is 10.3. The molecule has 0 bridgehead atoms. The van der Waals surface area contributed by atoms with Crippen molar-refractivity contribution in [2.24, 2.45) is 0 Å². The average Bonchev–Trinajstić information content (AvgIpc) is 2.47. The first-order valence-corrected chi connectivity index (χ1v) is 5.88. The maximum absolute atomic E-state index is 10.5. The molecule has 0 spiro atoms. The van der Waals surface area contributed by atoms with Crippen LogP contribution < -0.4 is 0 Å². The Bertz CT molecular complexity index is 381. The molecule has 0 aliphatic heterocycles. The molecule has 1 aromatic rings. The van der Waals surface area contributed by atoms with E-state index in [1.807, 2.05) is 0 Å². The van der Waals surface area contributed by atoms with Crippen molar-refractivity contribution in [1.29, 1.82) is 0 Å². The lowest BCUT2D eigenvalue weighted by atomic mass is 10.1. The first-order valence-electron chi connectivity index (χ1n) is 5.88. The number of aromatic carboxylic acids is 2. The molecule has 0 saturated heterocycles. The van der Waals surface area contributed by atoms with Gasteiger partial charge in [0.1, 0.15) is 0 Å². The van der Waals surface area contributed by atoms with E-state index in [-0.39, 0.29) is 30.9 Å². The van der Waals surface area contributed by atoms with Gasteiger partial charge < -0.3 is 30.6 Å². The van der Waals surface area contributed by atoms with E-state index < -0.39 is 18.0 Å². The van der Waals surface area contributed by atoms with E-state index in [9.17, 15) is 9.59 Å². The Labute approximate surface area is 121 Å². The zero-order valence-corrected chi connectivity index (χ0v) is 11.5. The van der Waals surface area contributed by atoms with Crippen LogP contribution in [0, 0.1) is 0 Å². The third kappa shape index (κ3) is 11.5. The van der Waals surface area contributed by atoms with Gasteiger partial charge in [-0.1, -0.05) is 12.1 Å². The van der Waals surface area contributed by atoms with Gasteiger partial charge in [0, 0.05) is 0 Å². The van der Waals surface area contributed by atoms with Crippen molar-refractivity contribution in [1.82, 2.24) is 0 Å². The van der Waals surface area contributed by atoms with Crippen molar-refractivity contribution in [3.63, 3.8) is 0 Å². The quantitative estimate of drug-likeness (QED) is 0.431. The van der Waals surface area contributed by atoms with Crippen LogP contribution in [0.3, 0.4) is 0 Å². The average molecular weight is 304 g/mol. The van der Waals surface area contributed by atoms with Crippen LogP contribution in [0.4, 0.5) is 0 Å². The van der Waals surface area contributed by atoms with E-state index in [0.717, 1.165) is 0 Å². The summed E-state index contributed by atoms with van der Waals surface area (Å²) in [5, 5.41) is 48.4. The van der Waals surface area contributed by atoms with Gasteiger partial charge in [0.15, 0.2) is 0 Å². The van der Waals surface area contributed by atoms with E-state index in [0.29, 0.717) is 0 Å². The van der Waals surface area contributed by atoms with Crippen LogP contribution in [-0.4, -0.2) is 68.5 Å². The van der Waals surface area contributed by atoms with Crippen molar-refractivity contribution < 1.29 is 40.2 Å². The minimum absolute atomic E-state index is 0.125. The molecule has 0 saturated carbocycles. The SMILES string of the molecule is CC(O)CO.O=C(O)c1ccccc1C(=O)O.OCCO. The second-order valence-electron chi connectivity index (χ2n) is 3.63. The van der Waals surface area contributed by atoms with Crippen molar-refractivity contribution in [3.05, 3.63) is 35.4 Å². The molecule has 1 rings (SSSR count). The number of carbonyl (C=O) groups is 2. The molecule has 120 valence electrons. The maximum Gasteiger partial charge on any atom is 0.336 e. The third-order valence-corrected chi connectivity index (χ3v) is 1.75. The summed E-state index contributed by atoms with van der Waals surface area (Å²) >= 11 is 0. The van der Waals surface area contributed by atoms with Crippen LogP contribution in [0.15, 0.2) is 24.3 Å². The first kappa shape index (κ1) is 21.3. The fourth-order valence-corrected chi connectivity index (χ4v) is 0.856. The maximum atomic E-state index is 10.5. The molecule has 21 heavy (non-hydrogen) atoms. The van der Waals surface area contributed by atoms with Crippen LogP contribution in [-0.2, 0) is 0 Å². The number of hydrogen-bond donors (Lipinski definition) is 6. The summed E-state index contributed by atoms with van der Waals surface area (Å²) in [4.78, 5) is 20.9. The molecule has 0 aromatic heterocycles. The molecule has 0 amide bonds. The summed E-state index contributed by atoms with van der Waals surface area (Å²) in [5.41, 5.74) is -0.380. The number of benzene rings is 1. The lowest BCUT2D eigenvalue weighted by molar-refractivity contribution is 0.0651. The molecule has 0 aliphatic carbocycles. The van der Waals surface area contributed by atoms with Crippen molar-refractivity contribution in [2.45, 2.75) is 13.0 Å². The van der Waals surface area contributed by atoms with E-state index >= 15 is 0 Å². The molecule has 8 nitrogen and oxygen atoms in total. The third-order valence-electron chi connectivity index (χ3n) is 1.75. The standard InChI is InChI=1S/C8H6O4.C3H8O2.C2H6O2/c9-7(10)5-3-1-2-4-6(5)8(11)12;1-3(5)2-4;3-1-2-4/h1-4H,(H,9,10)(H,11,12);3-5H,2H2,1H3;3-4H,1-2H2. The zero-order chi connectivity index (χ0) is 16.8.